The van der Waals surface area contributed by atoms with E-state index < -0.39 is 18.5 Å². The van der Waals surface area contributed by atoms with Crippen LogP contribution in [-0.2, 0) is 44.0 Å². The zero-order valence-corrected chi connectivity index (χ0v) is 17.3. The van der Waals surface area contributed by atoms with Gasteiger partial charge in [-0.05, 0) is 15.7 Å². The molecule has 0 saturated heterocycles. The fourth-order valence-electron chi connectivity index (χ4n) is 1.89. The van der Waals surface area contributed by atoms with Crippen LogP contribution in [0.5, 0.6) is 5.75 Å². The molecule has 0 aliphatic heterocycles. The van der Waals surface area contributed by atoms with Crippen molar-refractivity contribution in [3.63, 3.8) is 0 Å². The second-order valence-corrected chi connectivity index (χ2v) is 5.53. The van der Waals surface area contributed by atoms with Crippen molar-refractivity contribution in [2.75, 3.05) is 13.9 Å². The number of nitrogens with zero attached hydrogens (tertiary/aromatic N) is 1. The number of rotatable bonds is 6. The third-order valence-corrected chi connectivity index (χ3v) is 3.62. The van der Waals surface area contributed by atoms with Gasteiger partial charge in [0, 0.05) is 39.8 Å². The minimum absolute atomic E-state index is 0. The van der Waals surface area contributed by atoms with Crippen molar-refractivity contribution in [2.24, 2.45) is 0 Å². The normalized spacial score (nSPS) is 10.5. The molecule has 23 heavy (non-hydrogen) atoms. The first-order valence-corrected chi connectivity index (χ1v) is 7.42. The Labute approximate surface area is 171 Å². The van der Waals surface area contributed by atoms with E-state index in [4.69, 9.17) is 9.47 Å². The van der Waals surface area contributed by atoms with Crippen molar-refractivity contribution in [3.05, 3.63) is 50.3 Å². The molecular weight excluding hydrogens is 496 g/mol. The molecule has 0 spiro atoms. The topological polar surface area (TPSA) is 40.5 Å². The van der Waals surface area contributed by atoms with E-state index in [9.17, 15) is 13.6 Å². The van der Waals surface area contributed by atoms with Crippen molar-refractivity contribution in [1.29, 1.82) is 0 Å². The summed E-state index contributed by atoms with van der Waals surface area (Å²) in [4.78, 5) is 12.1. The number of benzene rings is 1. The smallest absolute Gasteiger partial charge is 0.256 e. The van der Waals surface area contributed by atoms with Crippen LogP contribution in [0.25, 0.3) is 11.3 Å². The van der Waals surface area contributed by atoms with Gasteiger partial charge < -0.3 is 14.0 Å². The number of hydrogen-bond acceptors (Lipinski definition) is 3. The Kier molecular flexibility index (Phi) is 8.81. The third-order valence-electron chi connectivity index (χ3n) is 2.85. The second kappa shape index (κ2) is 9.81. The van der Waals surface area contributed by atoms with Gasteiger partial charge >= 0.3 is 0 Å². The third kappa shape index (κ3) is 5.58. The monoisotopic (exact) mass is 509 g/mol. The van der Waals surface area contributed by atoms with Crippen molar-refractivity contribution in [2.45, 2.75) is 13.0 Å². The van der Waals surface area contributed by atoms with Crippen LogP contribution in [0.1, 0.15) is 0 Å². The van der Waals surface area contributed by atoms with Crippen LogP contribution < -0.4 is 10.3 Å². The summed E-state index contributed by atoms with van der Waals surface area (Å²) >= 11 is 1.81. The number of alkyl halides is 2. The van der Waals surface area contributed by atoms with Crippen LogP contribution in [0.15, 0.2) is 35.1 Å². The van der Waals surface area contributed by atoms with Crippen LogP contribution in [-0.4, -0.2) is 24.9 Å². The Morgan fingerprint density at radius 3 is 2.52 bits per heavy atom. The van der Waals surface area contributed by atoms with Gasteiger partial charge in [-0.2, -0.15) is 12.1 Å². The maximum Gasteiger partial charge on any atom is 0.256 e. The molecular formula is C15H13F2INO3Y-. The Morgan fingerprint density at radius 2 is 1.96 bits per heavy atom. The number of halogens is 3. The zero-order valence-electron chi connectivity index (χ0n) is 12.3. The van der Waals surface area contributed by atoms with Crippen molar-refractivity contribution in [1.82, 2.24) is 4.57 Å². The molecule has 1 aromatic carbocycles. The van der Waals surface area contributed by atoms with Crippen LogP contribution in [0.2, 0.25) is 0 Å². The van der Waals surface area contributed by atoms with Crippen LogP contribution >= 0.6 is 22.6 Å². The molecule has 0 amide bonds. The van der Waals surface area contributed by atoms with E-state index in [-0.39, 0.29) is 39.5 Å². The number of hydrogen-bond donors (Lipinski definition) is 0. The van der Waals surface area contributed by atoms with E-state index in [0.29, 0.717) is 20.6 Å². The predicted octanol–water partition coefficient (Wildman–Crippen LogP) is 3.17. The van der Waals surface area contributed by atoms with E-state index in [1.807, 2.05) is 22.6 Å². The SMILES string of the molecule is COCOc1ccc(-c2[c-]cc(I)c(=O)n2CC(F)F)cc1.[Y]. The minimum atomic E-state index is -2.62. The van der Waals surface area contributed by atoms with Gasteiger partial charge in [0.2, 0.25) is 5.56 Å². The molecule has 2 rings (SSSR count). The van der Waals surface area contributed by atoms with Gasteiger partial charge in [-0.15, -0.1) is 34.7 Å². The molecule has 1 heterocycles. The van der Waals surface area contributed by atoms with Gasteiger partial charge in [-0.3, -0.25) is 4.79 Å². The summed E-state index contributed by atoms with van der Waals surface area (Å²) in [6.07, 6.45) is -2.62. The zero-order chi connectivity index (χ0) is 16.1. The van der Waals surface area contributed by atoms with Gasteiger partial charge in [0.15, 0.2) is 6.79 Å². The first-order chi connectivity index (χ1) is 10.5. The minimum Gasteiger partial charge on any atom is -0.468 e. The largest absolute Gasteiger partial charge is 0.468 e. The molecule has 4 nitrogen and oxygen atoms in total. The van der Waals surface area contributed by atoms with E-state index in [1.54, 1.807) is 24.3 Å². The van der Waals surface area contributed by atoms with E-state index >= 15 is 0 Å². The van der Waals surface area contributed by atoms with Crippen molar-refractivity contribution < 1.29 is 51.0 Å². The maximum absolute atomic E-state index is 12.7. The summed E-state index contributed by atoms with van der Waals surface area (Å²) in [5, 5.41) is 0. The molecule has 1 radical (unpaired) electrons. The Hall–Kier alpha value is -0.376. The van der Waals surface area contributed by atoms with E-state index in [1.165, 1.54) is 13.2 Å². The molecule has 1 aromatic heterocycles. The van der Waals surface area contributed by atoms with Crippen LogP contribution in [0, 0.1) is 9.64 Å². The number of methoxy groups -OCH3 is 1. The molecule has 0 bridgehead atoms. The number of ether oxygens (including phenoxy) is 2. The summed E-state index contributed by atoms with van der Waals surface area (Å²) in [7, 11) is 1.51. The first-order valence-electron chi connectivity index (χ1n) is 6.34. The van der Waals surface area contributed by atoms with Gasteiger partial charge in [0.1, 0.15) is 5.75 Å². The first kappa shape index (κ1) is 20.7. The van der Waals surface area contributed by atoms with Crippen molar-refractivity contribution in [3.8, 4) is 17.0 Å². The Balaban J connectivity index is 0.00000264. The Morgan fingerprint density at radius 1 is 1.30 bits per heavy atom. The predicted molar refractivity (Wildman–Crippen MR) is 86.2 cm³/mol. The average molecular weight is 509 g/mol. The standard InChI is InChI=1S/C15H13F2INO3.Y/c1-21-9-22-11-4-2-10(3-5-11)13-7-6-12(18)15(20)19(13)8-14(16)17;/h2-6,14H,8-9H2,1H3;/q-1;. The molecule has 0 saturated carbocycles. The quantitative estimate of drug-likeness (QED) is 0.342. The average Bonchev–Trinajstić information content (AvgIpc) is 2.50. The molecule has 0 N–H and O–H groups in total. The fraction of sp³-hybridized carbons (Fsp3) is 0.267. The van der Waals surface area contributed by atoms with Gasteiger partial charge in [-0.25, -0.2) is 8.78 Å². The van der Waals surface area contributed by atoms with Crippen LogP contribution in [0.4, 0.5) is 8.78 Å². The molecule has 0 aliphatic rings. The van der Waals surface area contributed by atoms with Gasteiger partial charge in [-0.1, -0.05) is 11.3 Å². The fourth-order valence-corrected chi connectivity index (χ4v) is 2.34. The second-order valence-electron chi connectivity index (χ2n) is 4.37. The van der Waals surface area contributed by atoms with Gasteiger partial charge in [0.05, 0.1) is 6.54 Å². The molecule has 0 aliphatic carbocycles. The molecule has 0 fully saturated rings. The summed E-state index contributed by atoms with van der Waals surface area (Å²) in [6.45, 7) is -0.547. The molecule has 0 unspecified atom stereocenters. The number of pyridine rings is 1. The summed E-state index contributed by atoms with van der Waals surface area (Å²) in [6, 6.07) is 11.1. The summed E-state index contributed by atoms with van der Waals surface area (Å²) in [5.74, 6) is 0.582. The van der Waals surface area contributed by atoms with Crippen LogP contribution in [0.3, 0.4) is 0 Å². The van der Waals surface area contributed by atoms with Gasteiger partial charge in [0.25, 0.3) is 6.43 Å². The van der Waals surface area contributed by atoms with Crippen molar-refractivity contribution >= 4 is 22.6 Å². The van der Waals surface area contributed by atoms with E-state index in [0.717, 1.165) is 4.57 Å². The summed E-state index contributed by atoms with van der Waals surface area (Å²) in [5.41, 5.74) is 0.484. The summed E-state index contributed by atoms with van der Waals surface area (Å²) < 4.78 is 36.9. The maximum atomic E-state index is 12.7. The number of aromatic nitrogens is 1. The molecule has 121 valence electrons. The van der Waals surface area contributed by atoms with E-state index in [2.05, 4.69) is 6.07 Å². The molecule has 0 atom stereocenters. The molecule has 8 heteroatoms. The molecule has 2 aromatic rings. The Bertz CT molecular complexity index is 692.